The molecule has 0 heterocycles. The Balaban J connectivity index is 1.58. The first kappa shape index (κ1) is 19.0. The minimum Gasteiger partial charge on any atom is -0.457 e. The molecule has 0 spiro atoms. The van der Waals surface area contributed by atoms with Gasteiger partial charge >= 0.3 is 0 Å². The van der Waals surface area contributed by atoms with Gasteiger partial charge in [-0.05, 0) is 78.1 Å². The summed E-state index contributed by atoms with van der Waals surface area (Å²) in [4.78, 5) is 0. The van der Waals surface area contributed by atoms with Crippen molar-refractivity contribution >= 4 is 23.5 Å². The van der Waals surface area contributed by atoms with Gasteiger partial charge in [-0.3, -0.25) is 5.43 Å². The van der Waals surface area contributed by atoms with Gasteiger partial charge in [0.25, 0.3) is 0 Å². The third-order valence-corrected chi connectivity index (χ3v) is 4.65. The Bertz CT molecular complexity index is 916. The molecule has 3 nitrogen and oxygen atoms in total. The zero-order valence-electron chi connectivity index (χ0n) is 15.7. The number of hydrogen-bond donors (Lipinski definition) is 1. The molecule has 0 amide bonds. The highest BCUT2D eigenvalue weighted by Crippen LogP contribution is 2.24. The lowest BCUT2D eigenvalue weighted by Gasteiger charge is -2.08. The van der Waals surface area contributed by atoms with Crippen LogP contribution in [0, 0.1) is 6.92 Å². The number of anilines is 1. The van der Waals surface area contributed by atoms with Crippen molar-refractivity contribution in [1.82, 2.24) is 0 Å². The minimum atomic E-state index is 0.516. The Hall–Kier alpha value is -2.78. The van der Waals surface area contributed by atoms with Crippen LogP contribution in [-0.4, -0.2) is 6.21 Å². The molecule has 3 aromatic rings. The van der Waals surface area contributed by atoms with E-state index in [9.17, 15) is 0 Å². The van der Waals surface area contributed by atoms with Gasteiger partial charge in [0, 0.05) is 5.02 Å². The van der Waals surface area contributed by atoms with E-state index in [1.807, 2.05) is 61.5 Å². The number of benzene rings is 3. The van der Waals surface area contributed by atoms with Gasteiger partial charge in [-0.1, -0.05) is 43.6 Å². The lowest BCUT2D eigenvalue weighted by Crippen LogP contribution is -1.92. The number of nitrogens with one attached hydrogen (secondary N) is 1. The van der Waals surface area contributed by atoms with Gasteiger partial charge < -0.3 is 4.74 Å². The number of hydrazone groups is 1. The quantitative estimate of drug-likeness (QED) is 0.369. The first-order valence-electron chi connectivity index (χ1n) is 8.94. The van der Waals surface area contributed by atoms with Crippen LogP contribution in [0.15, 0.2) is 71.8 Å². The normalized spacial score (nSPS) is 11.1. The average Bonchev–Trinajstić information content (AvgIpc) is 2.66. The summed E-state index contributed by atoms with van der Waals surface area (Å²) in [6, 6.07) is 21.8. The lowest BCUT2D eigenvalue weighted by molar-refractivity contribution is 0.482. The van der Waals surface area contributed by atoms with E-state index in [4.69, 9.17) is 16.3 Å². The largest absolute Gasteiger partial charge is 0.457 e. The molecule has 3 aromatic carbocycles. The summed E-state index contributed by atoms with van der Waals surface area (Å²) in [6.07, 6.45) is 1.76. The maximum absolute atomic E-state index is 6.11. The maximum Gasteiger partial charge on any atom is 0.127 e. The van der Waals surface area contributed by atoms with E-state index in [2.05, 4.69) is 36.5 Å². The second-order valence-corrected chi connectivity index (χ2v) is 7.14. The van der Waals surface area contributed by atoms with Crippen molar-refractivity contribution in [2.45, 2.75) is 26.7 Å². The van der Waals surface area contributed by atoms with Gasteiger partial charge in [-0.2, -0.15) is 5.10 Å². The zero-order valence-corrected chi connectivity index (χ0v) is 16.5. The van der Waals surface area contributed by atoms with E-state index < -0.39 is 0 Å². The Labute approximate surface area is 165 Å². The molecule has 0 radical (unpaired) electrons. The molecule has 0 saturated carbocycles. The fourth-order valence-corrected chi connectivity index (χ4v) is 2.70. The molecule has 0 aromatic heterocycles. The van der Waals surface area contributed by atoms with Crippen molar-refractivity contribution in [3.8, 4) is 11.5 Å². The summed E-state index contributed by atoms with van der Waals surface area (Å²) in [6.45, 7) is 6.33. The Morgan fingerprint density at radius 1 is 0.926 bits per heavy atom. The molecule has 0 aliphatic carbocycles. The summed E-state index contributed by atoms with van der Waals surface area (Å²) in [7, 11) is 0. The number of aryl methyl sites for hydroxylation is 1. The number of hydrogen-bond acceptors (Lipinski definition) is 3. The van der Waals surface area contributed by atoms with E-state index in [1.165, 1.54) is 5.56 Å². The molecule has 1 N–H and O–H groups in total. The minimum absolute atomic E-state index is 0.516. The Morgan fingerprint density at radius 3 is 2.15 bits per heavy atom. The molecule has 0 aliphatic rings. The fraction of sp³-hybridized carbons (Fsp3) is 0.174. The number of halogens is 1. The summed E-state index contributed by atoms with van der Waals surface area (Å²) in [5.74, 6) is 2.14. The Kier molecular flexibility index (Phi) is 6.15. The zero-order chi connectivity index (χ0) is 19.2. The number of rotatable bonds is 6. The van der Waals surface area contributed by atoms with Gasteiger partial charge in [0.15, 0.2) is 0 Å². The maximum atomic E-state index is 6.11. The van der Waals surface area contributed by atoms with E-state index in [1.54, 1.807) is 6.21 Å². The van der Waals surface area contributed by atoms with E-state index in [0.717, 1.165) is 33.3 Å². The molecule has 27 heavy (non-hydrogen) atoms. The van der Waals surface area contributed by atoms with Crippen molar-refractivity contribution in [3.05, 3.63) is 88.4 Å². The average molecular weight is 379 g/mol. The van der Waals surface area contributed by atoms with Crippen LogP contribution in [0.3, 0.4) is 0 Å². The van der Waals surface area contributed by atoms with Gasteiger partial charge in [0.2, 0.25) is 0 Å². The molecule has 3 rings (SSSR count). The molecule has 0 unspecified atom stereocenters. The van der Waals surface area contributed by atoms with Crippen molar-refractivity contribution in [2.24, 2.45) is 5.10 Å². The van der Waals surface area contributed by atoms with Crippen LogP contribution in [0.25, 0.3) is 0 Å². The molecule has 0 atom stereocenters. The molecule has 4 heteroatoms. The molecular formula is C23H23ClN2O. The third kappa shape index (κ3) is 5.35. The van der Waals surface area contributed by atoms with Gasteiger partial charge in [0.05, 0.1) is 11.9 Å². The van der Waals surface area contributed by atoms with Crippen LogP contribution < -0.4 is 10.2 Å². The van der Waals surface area contributed by atoms with Crippen molar-refractivity contribution in [2.75, 3.05) is 5.43 Å². The van der Waals surface area contributed by atoms with Gasteiger partial charge in [-0.25, -0.2) is 0 Å². The van der Waals surface area contributed by atoms with Crippen LogP contribution in [0.4, 0.5) is 5.69 Å². The molecule has 0 bridgehead atoms. The topological polar surface area (TPSA) is 33.6 Å². The smallest absolute Gasteiger partial charge is 0.127 e. The second-order valence-electron chi connectivity index (χ2n) is 6.73. The summed E-state index contributed by atoms with van der Waals surface area (Å²) < 4.78 is 5.89. The number of ether oxygens (including phenoxy) is 1. The standard InChI is InChI=1S/C23H23ClN2O/c1-16(2)19-7-12-22(13-8-19)27-21-10-5-18(6-11-21)15-25-26-20-9-4-17(3)23(24)14-20/h4-16,26H,1-3H3. The molecule has 0 fully saturated rings. The molecule has 0 aliphatic heterocycles. The second kappa shape index (κ2) is 8.74. The summed E-state index contributed by atoms with van der Waals surface area (Å²) in [5, 5.41) is 4.97. The van der Waals surface area contributed by atoms with Gasteiger partial charge in [0.1, 0.15) is 11.5 Å². The van der Waals surface area contributed by atoms with E-state index >= 15 is 0 Å². The van der Waals surface area contributed by atoms with Crippen molar-refractivity contribution in [3.63, 3.8) is 0 Å². The Morgan fingerprint density at radius 2 is 1.56 bits per heavy atom. The lowest BCUT2D eigenvalue weighted by atomic mass is 10.0. The van der Waals surface area contributed by atoms with E-state index in [0.29, 0.717) is 5.92 Å². The van der Waals surface area contributed by atoms with Crippen LogP contribution in [0.5, 0.6) is 11.5 Å². The van der Waals surface area contributed by atoms with Crippen LogP contribution >= 0.6 is 11.6 Å². The molecule has 0 saturated heterocycles. The highest BCUT2D eigenvalue weighted by atomic mass is 35.5. The summed E-state index contributed by atoms with van der Waals surface area (Å²) >= 11 is 6.11. The number of nitrogens with zero attached hydrogens (tertiary/aromatic N) is 1. The highest BCUT2D eigenvalue weighted by Gasteiger charge is 2.01. The fourth-order valence-electron chi connectivity index (χ4n) is 2.52. The van der Waals surface area contributed by atoms with Crippen molar-refractivity contribution in [1.29, 1.82) is 0 Å². The molecular weight excluding hydrogens is 356 g/mol. The third-order valence-electron chi connectivity index (χ3n) is 4.24. The van der Waals surface area contributed by atoms with Crippen LogP contribution in [0.1, 0.15) is 36.5 Å². The monoisotopic (exact) mass is 378 g/mol. The molecule has 138 valence electrons. The first-order chi connectivity index (χ1) is 13.0. The van der Waals surface area contributed by atoms with Gasteiger partial charge in [-0.15, -0.1) is 0 Å². The predicted molar refractivity (Wildman–Crippen MR) is 114 cm³/mol. The SMILES string of the molecule is Cc1ccc(NN=Cc2ccc(Oc3ccc(C(C)C)cc3)cc2)cc1Cl. The summed E-state index contributed by atoms with van der Waals surface area (Å²) in [5.41, 5.74) is 7.16. The van der Waals surface area contributed by atoms with Crippen molar-refractivity contribution < 1.29 is 4.74 Å². The van der Waals surface area contributed by atoms with Crippen LogP contribution in [-0.2, 0) is 0 Å². The van der Waals surface area contributed by atoms with E-state index in [-0.39, 0.29) is 0 Å². The van der Waals surface area contributed by atoms with Crippen LogP contribution in [0.2, 0.25) is 5.02 Å². The highest BCUT2D eigenvalue weighted by molar-refractivity contribution is 6.31. The first-order valence-corrected chi connectivity index (χ1v) is 9.32. The predicted octanol–water partition coefficient (Wildman–Crippen LogP) is 7.01.